The van der Waals surface area contributed by atoms with Gasteiger partial charge in [0.05, 0.1) is 17.6 Å². The van der Waals surface area contributed by atoms with Crippen LogP contribution in [0.3, 0.4) is 0 Å². The first-order valence-electron chi connectivity index (χ1n) is 5.92. The van der Waals surface area contributed by atoms with E-state index in [-0.39, 0.29) is 0 Å². The van der Waals surface area contributed by atoms with Crippen molar-refractivity contribution in [2.45, 2.75) is 20.4 Å². The zero-order valence-corrected chi connectivity index (χ0v) is 11.3. The number of hydrogen-bond donors (Lipinski definition) is 1. The van der Waals surface area contributed by atoms with Gasteiger partial charge in [-0.05, 0) is 37.6 Å². The Bertz CT molecular complexity index is 709. The maximum Gasteiger partial charge on any atom is 0.201 e. The van der Waals surface area contributed by atoms with Crippen molar-refractivity contribution in [3.63, 3.8) is 0 Å². The number of nitrogens with two attached hydrogens (primary N) is 1. The Kier molecular flexibility index (Phi) is 2.59. The highest BCUT2D eigenvalue weighted by Crippen LogP contribution is 2.24. The molecule has 0 radical (unpaired) electrons. The highest BCUT2D eigenvalue weighted by atomic mass is 32.1. The van der Waals surface area contributed by atoms with Gasteiger partial charge in [0.25, 0.3) is 0 Å². The molecule has 0 atom stereocenters. The summed E-state index contributed by atoms with van der Waals surface area (Å²) in [4.78, 5) is 7.09. The second-order valence-electron chi connectivity index (χ2n) is 4.51. The third kappa shape index (κ3) is 1.78. The molecular formula is C14H15N3S. The van der Waals surface area contributed by atoms with E-state index in [2.05, 4.69) is 53.7 Å². The third-order valence-electron chi connectivity index (χ3n) is 3.12. The van der Waals surface area contributed by atoms with Gasteiger partial charge >= 0.3 is 0 Å². The lowest BCUT2D eigenvalue weighted by atomic mass is 10.2. The lowest BCUT2D eigenvalue weighted by Crippen LogP contribution is -2.03. The normalized spacial score (nSPS) is 11.2. The van der Waals surface area contributed by atoms with Gasteiger partial charge in [-0.1, -0.05) is 12.1 Å². The van der Waals surface area contributed by atoms with Gasteiger partial charge in [-0.2, -0.15) is 0 Å². The van der Waals surface area contributed by atoms with Crippen molar-refractivity contribution in [2.24, 2.45) is 0 Å². The predicted molar refractivity (Wildman–Crippen MR) is 77.0 cm³/mol. The number of nitrogen functional groups attached to an aromatic ring is 1. The summed E-state index contributed by atoms with van der Waals surface area (Å²) in [5, 5.41) is 0. The summed E-state index contributed by atoms with van der Waals surface area (Å²) in [6, 6.07) is 10.5. The number of benzene rings is 1. The van der Waals surface area contributed by atoms with Crippen LogP contribution in [0, 0.1) is 13.8 Å². The van der Waals surface area contributed by atoms with Gasteiger partial charge in [0.15, 0.2) is 0 Å². The van der Waals surface area contributed by atoms with E-state index in [0.29, 0.717) is 5.95 Å². The minimum atomic E-state index is 0.588. The fraction of sp³-hybridized carbons (Fsp3) is 0.214. The maximum absolute atomic E-state index is 6.03. The summed E-state index contributed by atoms with van der Waals surface area (Å²) >= 11 is 1.80. The van der Waals surface area contributed by atoms with Crippen LogP contribution in [0.5, 0.6) is 0 Å². The number of imidazole rings is 1. The molecule has 0 saturated carbocycles. The summed E-state index contributed by atoms with van der Waals surface area (Å²) in [5.41, 5.74) is 9.31. The second-order valence-corrected chi connectivity index (χ2v) is 5.88. The summed E-state index contributed by atoms with van der Waals surface area (Å²) in [5.74, 6) is 0.588. The lowest BCUT2D eigenvalue weighted by Gasteiger charge is -2.04. The van der Waals surface area contributed by atoms with E-state index in [0.717, 1.165) is 17.6 Å². The average molecular weight is 257 g/mol. The minimum Gasteiger partial charge on any atom is -0.369 e. The molecule has 3 rings (SSSR count). The summed E-state index contributed by atoms with van der Waals surface area (Å²) < 4.78 is 2.08. The SMILES string of the molecule is Cc1ccc(Cn2c(N)nc3c(C)cccc32)s1. The molecule has 4 heteroatoms. The molecule has 3 aromatic rings. The smallest absolute Gasteiger partial charge is 0.201 e. The topological polar surface area (TPSA) is 43.8 Å². The fourth-order valence-electron chi connectivity index (χ4n) is 2.20. The number of nitrogens with zero attached hydrogens (tertiary/aromatic N) is 2. The van der Waals surface area contributed by atoms with Crippen LogP contribution in [-0.2, 0) is 6.54 Å². The Hall–Kier alpha value is -1.81. The Balaban J connectivity index is 2.11. The molecule has 0 unspecified atom stereocenters. The number of para-hydroxylation sites is 1. The number of hydrogen-bond acceptors (Lipinski definition) is 3. The maximum atomic E-state index is 6.03. The number of rotatable bonds is 2. The molecule has 0 saturated heterocycles. The van der Waals surface area contributed by atoms with Crippen LogP contribution in [0.1, 0.15) is 15.3 Å². The number of aryl methyl sites for hydroxylation is 2. The van der Waals surface area contributed by atoms with E-state index in [1.807, 2.05) is 0 Å². The van der Waals surface area contributed by atoms with Crippen LogP contribution in [0.4, 0.5) is 5.95 Å². The average Bonchev–Trinajstić information content (AvgIpc) is 2.87. The highest BCUT2D eigenvalue weighted by Gasteiger charge is 2.10. The summed E-state index contributed by atoms with van der Waals surface area (Å²) in [6.45, 7) is 4.98. The molecule has 92 valence electrons. The van der Waals surface area contributed by atoms with E-state index in [9.17, 15) is 0 Å². The van der Waals surface area contributed by atoms with E-state index in [1.54, 1.807) is 11.3 Å². The number of anilines is 1. The van der Waals surface area contributed by atoms with Crippen molar-refractivity contribution in [3.05, 3.63) is 45.6 Å². The van der Waals surface area contributed by atoms with Crippen molar-refractivity contribution in [3.8, 4) is 0 Å². The fourth-order valence-corrected chi connectivity index (χ4v) is 3.08. The minimum absolute atomic E-state index is 0.588. The predicted octanol–water partition coefficient (Wildman–Crippen LogP) is 3.35. The van der Waals surface area contributed by atoms with Gasteiger partial charge in [-0.3, -0.25) is 0 Å². The van der Waals surface area contributed by atoms with Crippen molar-refractivity contribution >= 4 is 28.3 Å². The molecule has 2 aromatic heterocycles. The molecule has 2 heterocycles. The first-order valence-corrected chi connectivity index (χ1v) is 6.73. The van der Waals surface area contributed by atoms with E-state index < -0.39 is 0 Å². The largest absolute Gasteiger partial charge is 0.369 e. The Morgan fingerprint density at radius 2 is 2.06 bits per heavy atom. The monoisotopic (exact) mass is 257 g/mol. The Morgan fingerprint density at radius 3 is 2.78 bits per heavy atom. The number of fused-ring (bicyclic) bond motifs is 1. The molecular weight excluding hydrogens is 242 g/mol. The summed E-state index contributed by atoms with van der Waals surface area (Å²) in [6.07, 6.45) is 0. The van der Waals surface area contributed by atoms with Crippen LogP contribution < -0.4 is 5.73 Å². The van der Waals surface area contributed by atoms with Crippen molar-refractivity contribution in [1.82, 2.24) is 9.55 Å². The molecule has 0 aliphatic rings. The zero-order valence-electron chi connectivity index (χ0n) is 10.5. The Labute approximate surface area is 110 Å². The van der Waals surface area contributed by atoms with Crippen LogP contribution >= 0.6 is 11.3 Å². The van der Waals surface area contributed by atoms with Crippen LogP contribution in [0.15, 0.2) is 30.3 Å². The molecule has 3 nitrogen and oxygen atoms in total. The Morgan fingerprint density at radius 1 is 1.22 bits per heavy atom. The van der Waals surface area contributed by atoms with Crippen molar-refractivity contribution in [2.75, 3.05) is 5.73 Å². The molecule has 0 amide bonds. The first-order chi connectivity index (χ1) is 8.65. The standard InChI is InChI=1S/C14H15N3S/c1-9-4-3-5-12-13(9)16-14(15)17(12)8-11-7-6-10(2)18-11/h3-7H,8H2,1-2H3,(H2,15,16). The van der Waals surface area contributed by atoms with Gasteiger partial charge < -0.3 is 10.3 Å². The third-order valence-corrected chi connectivity index (χ3v) is 4.11. The molecule has 0 bridgehead atoms. The van der Waals surface area contributed by atoms with Gasteiger partial charge in [0.1, 0.15) is 0 Å². The first kappa shape index (κ1) is 11.3. The van der Waals surface area contributed by atoms with Crippen molar-refractivity contribution < 1.29 is 0 Å². The zero-order chi connectivity index (χ0) is 12.7. The van der Waals surface area contributed by atoms with Crippen LogP contribution in [-0.4, -0.2) is 9.55 Å². The van der Waals surface area contributed by atoms with Crippen LogP contribution in [0.25, 0.3) is 11.0 Å². The second kappa shape index (κ2) is 4.14. The molecule has 1 aromatic carbocycles. The van der Waals surface area contributed by atoms with E-state index >= 15 is 0 Å². The summed E-state index contributed by atoms with van der Waals surface area (Å²) in [7, 11) is 0. The molecule has 0 spiro atoms. The van der Waals surface area contributed by atoms with E-state index in [4.69, 9.17) is 5.73 Å². The molecule has 2 N–H and O–H groups in total. The molecule has 18 heavy (non-hydrogen) atoms. The van der Waals surface area contributed by atoms with Gasteiger partial charge in [0, 0.05) is 9.75 Å². The quantitative estimate of drug-likeness (QED) is 0.765. The van der Waals surface area contributed by atoms with Gasteiger partial charge in [-0.15, -0.1) is 11.3 Å². The number of thiophene rings is 1. The van der Waals surface area contributed by atoms with Gasteiger partial charge in [0.2, 0.25) is 5.95 Å². The molecule has 0 aliphatic carbocycles. The van der Waals surface area contributed by atoms with Crippen molar-refractivity contribution in [1.29, 1.82) is 0 Å². The van der Waals surface area contributed by atoms with E-state index in [1.165, 1.54) is 15.3 Å². The molecule has 0 aliphatic heterocycles. The lowest BCUT2D eigenvalue weighted by molar-refractivity contribution is 0.853. The number of aromatic nitrogens is 2. The van der Waals surface area contributed by atoms with Crippen LogP contribution in [0.2, 0.25) is 0 Å². The molecule has 0 fully saturated rings. The van der Waals surface area contributed by atoms with Gasteiger partial charge in [-0.25, -0.2) is 4.98 Å². The highest BCUT2D eigenvalue weighted by molar-refractivity contribution is 7.11.